The summed E-state index contributed by atoms with van der Waals surface area (Å²) in [5.74, 6) is 1.94. The van der Waals surface area contributed by atoms with Crippen LogP contribution < -0.4 is 20.5 Å². The first-order valence-electron chi connectivity index (χ1n) is 8.60. The van der Waals surface area contributed by atoms with E-state index in [4.69, 9.17) is 19.9 Å². The number of nitrogens with zero attached hydrogens (tertiary/aromatic N) is 1. The molecule has 0 radical (unpaired) electrons. The number of nitrogens with two attached hydrogens (primary N) is 1. The lowest BCUT2D eigenvalue weighted by Gasteiger charge is -2.59. The number of aliphatic imine (C=N–C) groups is 1. The summed E-state index contributed by atoms with van der Waals surface area (Å²) in [5, 5.41) is 3.33. The zero-order chi connectivity index (χ0) is 18.7. The predicted octanol–water partition coefficient (Wildman–Crippen LogP) is 2.97. The molecule has 6 nitrogen and oxygen atoms in total. The number of halogens is 1. The number of methoxy groups -OCH3 is 3. The lowest BCUT2D eigenvalue weighted by atomic mass is 9.56. The Morgan fingerprint density at radius 3 is 2.38 bits per heavy atom. The highest BCUT2D eigenvalue weighted by molar-refractivity contribution is 14.0. The largest absolute Gasteiger partial charge is 0.493 e. The first-order chi connectivity index (χ1) is 11.8. The molecule has 0 heterocycles. The third-order valence-electron chi connectivity index (χ3n) is 5.73. The lowest BCUT2D eigenvalue weighted by molar-refractivity contribution is -0.176. The Morgan fingerprint density at radius 1 is 1.19 bits per heavy atom. The molecular weight excluding hydrogens is 445 g/mol. The van der Waals surface area contributed by atoms with E-state index < -0.39 is 0 Å². The molecule has 1 aliphatic rings. The van der Waals surface area contributed by atoms with Gasteiger partial charge >= 0.3 is 0 Å². The van der Waals surface area contributed by atoms with Crippen molar-refractivity contribution in [3.05, 3.63) is 23.8 Å². The summed E-state index contributed by atoms with van der Waals surface area (Å²) in [4.78, 5) is 4.45. The van der Waals surface area contributed by atoms with Crippen LogP contribution in [0.5, 0.6) is 11.5 Å². The molecule has 148 valence electrons. The van der Waals surface area contributed by atoms with Gasteiger partial charge in [0.15, 0.2) is 17.5 Å². The molecule has 1 fully saturated rings. The highest BCUT2D eigenvalue weighted by Crippen LogP contribution is 2.51. The number of benzene rings is 1. The molecule has 3 N–H and O–H groups in total. The quantitative estimate of drug-likeness (QED) is 0.359. The highest BCUT2D eigenvalue weighted by atomic mass is 127. The highest BCUT2D eigenvalue weighted by Gasteiger charge is 2.57. The van der Waals surface area contributed by atoms with E-state index in [1.54, 1.807) is 21.3 Å². The van der Waals surface area contributed by atoms with Crippen LogP contribution in [-0.4, -0.2) is 45.5 Å². The van der Waals surface area contributed by atoms with Gasteiger partial charge in [0.25, 0.3) is 0 Å². The molecule has 0 aromatic heterocycles. The van der Waals surface area contributed by atoms with Crippen LogP contribution in [0.3, 0.4) is 0 Å². The van der Waals surface area contributed by atoms with Crippen LogP contribution in [0.1, 0.15) is 32.8 Å². The van der Waals surface area contributed by atoms with Gasteiger partial charge in [0, 0.05) is 25.1 Å². The molecule has 1 aromatic carbocycles. The van der Waals surface area contributed by atoms with Crippen LogP contribution in [0.25, 0.3) is 0 Å². The van der Waals surface area contributed by atoms with E-state index in [1.807, 2.05) is 18.2 Å². The monoisotopic (exact) mass is 477 g/mol. The molecule has 7 heteroatoms. The Kier molecular flexibility index (Phi) is 8.01. The van der Waals surface area contributed by atoms with Crippen LogP contribution in [0.15, 0.2) is 23.2 Å². The second-order valence-corrected chi connectivity index (χ2v) is 7.26. The van der Waals surface area contributed by atoms with Crippen LogP contribution in [0.4, 0.5) is 0 Å². The Morgan fingerprint density at radius 2 is 1.85 bits per heavy atom. The van der Waals surface area contributed by atoms with Gasteiger partial charge in [0.1, 0.15) is 0 Å². The zero-order valence-electron chi connectivity index (χ0n) is 16.6. The third kappa shape index (κ3) is 4.54. The molecule has 0 aliphatic heterocycles. The minimum Gasteiger partial charge on any atom is -0.493 e. The summed E-state index contributed by atoms with van der Waals surface area (Å²) in [6.07, 6.45) is 1.70. The van der Waals surface area contributed by atoms with Crippen molar-refractivity contribution in [1.82, 2.24) is 5.32 Å². The standard InChI is InChI=1S/C19H31N3O3.HI/c1-18(2)16(12-19(18,3)25-6)22-17(20)21-10-9-13-7-8-14(23-4)15(11-13)24-5;/h7-8,11,16H,9-10,12H2,1-6H3,(H3,20,21,22);1H. The average molecular weight is 477 g/mol. The van der Waals surface area contributed by atoms with Gasteiger partial charge in [-0.1, -0.05) is 19.9 Å². The third-order valence-corrected chi connectivity index (χ3v) is 5.73. The summed E-state index contributed by atoms with van der Waals surface area (Å²) in [7, 11) is 5.03. The van der Waals surface area contributed by atoms with Crippen molar-refractivity contribution >= 4 is 29.9 Å². The van der Waals surface area contributed by atoms with Crippen LogP contribution in [0.2, 0.25) is 0 Å². The summed E-state index contributed by atoms with van der Waals surface area (Å²) >= 11 is 0. The average Bonchev–Trinajstić information content (AvgIpc) is 2.60. The fraction of sp³-hybridized carbons (Fsp3) is 0.632. The number of guanidine groups is 1. The maximum atomic E-state index is 6.05. The van der Waals surface area contributed by atoms with Gasteiger partial charge < -0.3 is 25.3 Å². The van der Waals surface area contributed by atoms with E-state index in [9.17, 15) is 0 Å². The second kappa shape index (κ2) is 9.12. The van der Waals surface area contributed by atoms with Gasteiger partial charge in [-0.25, -0.2) is 0 Å². The fourth-order valence-corrected chi connectivity index (χ4v) is 3.29. The number of rotatable bonds is 7. The number of hydrogen-bond donors (Lipinski definition) is 2. The maximum Gasteiger partial charge on any atom is 0.188 e. The van der Waals surface area contributed by atoms with Crippen molar-refractivity contribution < 1.29 is 14.2 Å². The molecule has 2 rings (SSSR count). The normalized spacial score (nSPS) is 24.2. The minimum atomic E-state index is -0.120. The van der Waals surface area contributed by atoms with E-state index in [1.165, 1.54) is 0 Å². The Hall–Kier alpha value is -1.22. The maximum absolute atomic E-state index is 6.05. The van der Waals surface area contributed by atoms with Crippen molar-refractivity contribution in [2.45, 2.75) is 45.3 Å². The fourth-order valence-electron chi connectivity index (χ4n) is 3.29. The number of nitrogens with one attached hydrogen (secondary N) is 1. The zero-order valence-corrected chi connectivity index (χ0v) is 18.9. The van der Waals surface area contributed by atoms with Gasteiger partial charge in [-0.05, 0) is 37.5 Å². The first-order valence-corrected chi connectivity index (χ1v) is 8.60. The van der Waals surface area contributed by atoms with Gasteiger partial charge in [0.05, 0.1) is 19.8 Å². The van der Waals surface area contributed by atoms with Crippen molar-refractivity contribution in [2.24, 2.45) is 16.1 Å². The van der Waals surface area contributed by atoms with Gasteiger partial charge in [-0.3, -0.25) is 4.99 Å². The van der Waals surface area contributed by atoms with E-state index in [0.29, 0.717) is 12.5 Å². The summed E-state index contributed by atoms with van der Waals surface area (Å²) < 4.78 is 16.2. The van der Waals surface area contributed by atoms with E-state index >= 15 is 0 Å². The number of ether oxygens (including phenoxy) is 3. The Labute approximate surface area is 173 Å². The molecule has 1 aliphatic carbocycles. The summed E-state index contributed by atoms with van der Waals surface area (Å²) in [6, 6.07) is 6.15. The smallest absolute Gasteiger partial charge is 0.188 e. The summed E-state index contributed by atoms with van der Waals surface area (Å²) in [5.41, 5.74) is 7.07. The predicted molar refractivity (Wildman–Crippen MR) is 116 cm³/mol. The minimum absolute atomic E-state index is 0. The van der Waals surface area contributed by atoms with E-state index in [0.717, 1.165) is 29.9 Å². The van der Waals surface area contributed by atoms with Crippen molar-refractivity contribution in [2.75, 3.05) is 27.9 Å². The number of hydrogen-bond acceptors (Lipinski definition) is 4. The topological polar surface area (TPSA) is 78.1 Å². The lowest BCUT2D eigenvalue weighted by Crippen LogP contribution is -2.69. The molecule has 0 saturated heterocycles. The molecule has 1 saturated carbocycles. The molecule has 0 spiro atoms. The van der Waals surface area contributed by atoms with E-state index in [2.05, 4.69) is 31.1 Å². The molecule has 0 amide bonds. The van der Waals surface area contributed by atoms with Crippen LogP contribution in [0, 0.1) is 5.41 Å². The van der Waals surface area contributed by atoms with Gasteiger partial charge in [-0.2, -0.15) is 0 Å². The molecular formula is C19H32IN3O3. The Balaban J connectivity index is 0.00000338. The molecule has 0 bridgehead atoms. The van der Waals surface area contributed by atoms with Crippen molar-refractivity contribution in [1.29, 1.82) is 0 Å². The van der Waals surface area contributed by atoms with Crippen molar-refractivity contribution in [3.8, 4) is 11.5 Å². The molecule has 2 atom stereocenters. The second-order valence-electron chi connectivity index (χ2n) is 7.26. The van der Waals surface area contributed by atoms with Gasteiger partial charge in [0.2, 0.25) is 0 Å². The van der Waals surface area contributed by atoms with Gasteiger partial charge in [-0.15, -0.1) is 24.0 Å². The Bertz CT molecular complexity index is 636. The van der Waals surface area contributed by atoms with Crippen LogP contribution in [-0.2, 0) is 11.2 Å². The molecule has 1 aromatic rings. The summed E-state index contributed by atoms with van der Waals surface area (Å²) in [6.45, 7) is 7.13. The van der Waals surface area contributed by atoms with E-state index in [-0.39, 0.29) is 41.0 Å². The molecule has 26 heavy (non-hydrogen) atoms. The molecule has 2 unspecified atom stereocenters. The van der Waals surface area contributed by atoms with Crippen molar-refractivity contribution in [3.63, 3.8) is 0 Å². The first kappa shape index (κ1) is 22.8. The SMILES string of the molecule is COc1ccc(CCN=C(N)NC2CC(C)(OC)C2(C)C)cc1OC.I. The van der Waals surface area contributed by atoms with Crippen LogP contribution >= 0.6 is 24.0 Å².